The summed E-state index contributed by atoms with van der Waals surface area (Å²) in [6, 6.07) is 8.60. The van der Waals surface area contributed by atoms with Gasteiger partial charge in [-0.05, 0) is 18.4 Å². The van der Waals surface area contributed by atoms with E-state index in [2.05, 4.69) is 42.6 Å². The number of aromatic nitrogens is 2. The fourth-order valence-corrected chi connectivity index (χ4v) is 2.45. The largest absolute Gasteiger partial charge is 0.271 e. The number of para-hydroxylation sites is 1. The Morgan fingerprint density at radius 1 is 1.33 bits per heavy atom. The molecular formula is C14H22N4. The Morgan fingerprint density at radius 2 is 2.06 bits per heavy atom. The Morgan fingerprint density at radius 3 is 2.72 bits per heavy atom. The second kappa shape index (κ2) is 5.50. The van der Waals surface area contributed by atoms with Gasteiger partial charge < -0.3 is 0 Å². The Balaban J connectivity index is 2.25. The van der Waals surface area contributed by atoms with Crippen molar-refractivity contribution in [1.29, 1.82) is 0 Å². The van der Waals surface area contributed by atoms with Gasteiger partial charge in [0.1, 0.15) is 0 Å². The summed E-state index contributed by atoms with van der Waals surface area (Å²) < 4.78 is 1.94. The molecule has 0 amide bonds. The van der Waals surface area contributed by atoms with Crippen molar-refractivity contribution in [2.45, 2.75) is 32.7 Å². The molecular weight excluding hydrogens is 224 g/mol. The lowest BCUT2D eigenvalue weighted by molar-refractivity contribution is 0.420. The van der Waals surface area contributed by atoms with Crippen LogP contribution in [0.5, 0.6) is 0 Å². The number of aryl methyl sites for hydroxylation is 1. The molecule has 4 nitrogen and oxygen atoms in total. The summed E-state index contributed by atoms with van der Waals surface area (Å²) in [6.07, 6.45) is 1.93. The Hall–Kier alpha value is -1.39. The molecule has 0 radical (unpaired) electrons. The maximum absolute atomic E-state index is 5.64. The number of benzene rings is 1. The zero-order valence-electron chi connectivity index (χ0n) is 11.4. The summed E-state index contributed by atoms with van der Waals surface area (Å²) >= 11 is 0. The van der Waals surface area contributed by atoms with Crippen LogP contribution in [0.15, 0.2) is 24.3 Å². The minimum atomic E-state index is 0.281. The molecule has 18 heavy (non-hydrogen) atoms. The van der Waals surface area contributed by atoms with E-state index in [9.17, 15) is 0 Å². The van der Waals surface area contributed by atoms with Crippen LogP contribution in [0, 0.1) is 5.92 Å². The van der Waals surface area contributed by atoms with Crippen LogP contribution in [-0.2, 0) is 13.5 Å². The SMILES string of the molecule is CC(C)CC(Cc1nn(C)c2ccccc12)NN. The molecule has 1 heterocycles. The summed E-state index contributed by atoms with van der Waals surface area (Å²) in [6.45, 7) is 4.42. The minimum absolute atomic E-state index is 0.281. The first kappa shape index (κ1) is 13.1. The van der Waals surface area contributed by atoms with Gasteiger partial charge in [-0.3, -0.25) is 16.0 Å². The lowest BCUT2D eigenvalue weighted by Crippen LogP contribution is -2.37. The van der Waals surface area contributed by atoms with E-state index in [-0.39, 0.29) is 6.04 Å². The lowest BCUT2D eigenvalue weighted by Gasteiger charge is -2.16. The molecule has 1 aromatic carbocycles. The van der Waals surface area contributed by atoms with Crippen molar-refractivity contribution in [2.24, 2.45) is 18.8 Å². The van der Waals surface area contributed by atoms with Crippen LogP contribution in [-0.4, -0.2) is 15.8 Å². The van der Waals surface area contributed by atoms with Gasteiger partial charge in [0.2, 0.25) is 0 Å². The van der Waals surface area contributed by atoms with E-state index < -0.39 is 0 Å². The van der Waals surface area contributed by atoms with Crippen molar-refractivity contribution in [3.8, 4) is 0 Å². The number of hydrogen-bond acceptors (Lipinski definition) is 3. The highest BCUT2D eigenvalue weighted by Crippen LogP contribution is 2.20. The quantitative estimate of drug-likeness (QED) is 0.626. The van der Waals surface area contributed by atoms with Crippen molar-refractivity contribution in [2.75, 3.05) is 0 Å². The van der Waals surface area contributed by atoms with Gasteiger partial charge in [0, 0.05) is 24.9 Å². The van der Waals surface area contributed by atoms with Crippen molar-refractivity contribution >= 4 is 10.9 Å². The van der Waals surface area contributed by atoms with Gasteiger partial charge in [-0.25, -0.2) is 0 Å². The van der Waals surface area contributed by atoms with Crippen LogP contribution < -0.4 is 11.3 Å². The zero-order valence-corrected chi connectivity index (χ0v) is 11.4. The molecule has 0 spiro atoms. The molecule has 98 valence electrons. The van der Waals surface area contributed by atoms with Gasteiger partial charge in [-0.1, -0.05) is 32.0 Å². The average Bonchev–Trinajstić information content (AvgIpc) is 2.66. The molecule has 3 N–H and O–H groups in total. The Bertz CT molecular complexity index is 515. The maximum atomic E-state index is 5.64. The molecule has 1 atom stereocenters. The van der Waals surface area contributed by atoms with Gasteiger partial charge >= 0.3 is 0 Å². The van der Waals surface area contributed by atoms with E-state index >= 15 is 0 Å². The molecule has 2 aromatic rings. The number of nitrogens with two attached hydrogens (primary N) is 1. The van der Waals surface area contributed by atoms with E-state index in [4.69, 9.17) is 5.84 Å². The molecule has 4 heteroatoms. The van der Waals surface area contributed by atoms with Crippen molar-refractivity contribution in [1.82, 2.24) is 15.2 Å². The first-order valence-electron chi connectivity index (χ1n) is 6.48. The van der Waals surface area contributed by atoms with E-state index in [0.29, 0.717) is 5.92 Å². The van der Waals surface area contributed by atoms with Crippen LogP contribution in [0.3, 0.4) is 0 Å². The predicted molar refractivity (Wildman–Crippen MR) is 75.0 cm³/mol. The number of hydrazine groups is 1. The van der Waals surface area contributed by atoms with Gasteiger partial charge in [0.05, 0.1) is 11.2 Å². The Labute approximate surface area is 108 Å². The molecule has 0 bridgehead atoms. The fraction of sp³-hybridized carbons (Fsp3) is 0.500. The van der Waals surface area contributed by atoms with Gasteiger partial charge in [-0.15, -0.1) is 0 Å². The second-order valence-electron chi connectivity index (χ2n) is 5.28. The summed E-state index contributed by atoms with van der Waals surface area (Å²) in [5.41, 5.74) is 5.20. The van der Waals surface area contributed by atoms with Gasteiger partial charge in [0.15, 0.2) is 0 Å². The fourth-order valence-electron chi connectivity index (χ4n) is 2.45. The molecule has 0 fully saturated rings. The third kappa shape index (κ3) is 2.71. The van der Waals surface area contributed by atoms with Crippen LogP contribution in [0.1, 0.15) is 26.0 Å². The molecule has 0 saturated carbocycles. The van der Waals surface area contributed by atoms with Crippen molar-refractivity contribution in [3.63, 3.8) is 0 Å². The molecule has 2 rings (SSSR count). The van der Waals surface area contributed by atoms with Gasteiger partial charge in [0.25, 0.3) is 0 Å². The van der Waals surface area contributed by atoms with E-state index in [1.54, 1.807) is 0 Å². The second-order valence-corrected chi connectivity index (χ2v) is 5.28. The highest BCUT2D eigenvalue weighted by atomic mass is 15.3. The number of fused-ring (bicyclic) bond motifs is 1. The average molecular weight is 246 g/mol. The maximum Gasteiger partial charge on any atom is 0.0719 e. The highest BCUT2D eigenvalue weighted by molar-refractivity contribution is 5.81. The smallest absolute Gasteiger partial charge is 0.0719 e. The zero-order chi connectivity index (χ0) is 13.1. The minimum Gasteiger partial charge on any atom is -0.271 e. The molecule has 0 saturated heterocycles. The number of nitrogens with one attached hydrogen (secondary N) is 1. The first-order chi connectivity index (χ1) is 8.61. The lowest BCUT2D eigenvalue weighted by atomic mass is 9.99. The topological polar surface area (TPSA) is 55.9 Å². The van der Waals surface area contributed by atoms with E-state index in [1.807, 2.05) is 17.8 Å². The van der Waals surface area contributed by atoms with Crippen LogP contribution >= 0.6 is 0 Å². The van der Waals surface area contributed by atoms with Crippen LogP contribution in [0.2, 0.25) is 0 Å². The molecule has 1 unspecified atom stereocenters. The summed E-state index contributed by atoms with van der Waals surface area (Å²) in [4.78, 5) is 0. The number of nitrogens with zero attached hydrogens (tertiary/aromatic N) is 2. The monoisotopic (exact) mass is 246 g/mol. The molecule has 0 aliphatic heterocycles. The van der Waals surface area contributed by atoms with E-state index in [1.165, 1.54) is 10.9 Å². The predicted octanol–water partition coefficient (Wildman–Crippen LogP) is 1.99. The summed E-state index contributed by atoms with van der Waals surface area (Å²) in [5, 5.41) is 5.83. The Kier molecular flexibility index (Phi) is 3.99. The van der Waals surface area contributed by atoms with Crippen LogP contribution in [0.4, 0.5) is 0 Å². The van der Waals surface area contributed by atoms with Gasteiger partial charge in [-0.2, -0.15) is 5.10 Å². The van der Waals surface area contributed by atoms with Crippen molar-refractivity contribution < 1.29 is 0 Å². The highest BCUT2D eigenvalue weighted by Gasteiger charge is 2.15. The van der Waals surface area contributed by atoms with Crippen molar-refractivity contribution in [3.05, 3.63) is 30.0 Å². The van der Waals surface area contributed by atoms with Crippen LogP contribution in [0.25, 0.3) is 10.9 Å². The molecule has 0 aliphatic carbocycles. The van der Waals surface area contributed by atoms with E-state index in [0.717, 1.165) is 18.5 Å². The number of rotatable bonds is 5. The third-order valence-corrected chi connectivity index (χ3v) is 3.27. The standard InChI is InChI=1S/C14H22N4/c1-10(2)8-11(16-15)9-13-12-6-4-5-7-14(12)18(3)17-13/h4-7,10-11,16H,8-9,15H2,1-3H3. The first-order valence-corrected chi connectivity index (χ1v) is 6.48. The summed E-state index contributed by atoms with van der Waals surface area (Å²) in [7, 11) is 1.99. The third-order valence-electron chi connectivity index (χ3n) is 3.27. The summed E-state index contributed by atoms with van der Waals surface area (Å²) in [5.74, 6) is 6.26. The molecule has 1 aromatic heterocycles. The normalized spacial score (nSPS) is 13.4. The molecule has 0 aliphatic rings. The number of hydrogen-bond donors (Lipinski definition) is 2.